The SMILES string of the molecule is COc1ccccc1OCCNCC(/C=C/c1ccc(OC(=O)CCCO[N+](=O)[O-])c(OC)c1)COc1cccc2[nH]c3ccccc3c12.O=CO. The predicted octanol–water partition coefficient (Wildman–Crippen LogP) is 6.31. The minimum atomic E-state index is -0.893. The number of H-pyrrole nitrogens is 1. The number of rotatable bonds is 19. The Morgan fingerprint density at radius 3 is 2.37 bits per heavy atom. The van der Waals surface area contributed by atoms with E-state index in [0.29, 0.717) is 43.6 Å². The molecular weight excluding hydrogens is 674 g/mol. The summed E-state index contributed by atoms with van der Waals surface area (Å²) in [6.45, 7) is 1.64. The zero-order valence-electron chi connectivity index (χ0n) is 28.8. The third kappa shape index (κ3) is 11.4. The van der Waals surface area contributed by atoms with E-state index in [-0.39, 0.29) is 37.6 Å². The molecule has 0 saturated carbocycles. The van der Waals surface area contributed by atoms with E-state index in [2.05, 4.69) is 33.3 Å². The lowest BCUT2D eigenvalue weighted by atomic mass is 10.1. The lowest BCUT2D eigenvalue weighted by Crippen LogP contribution is -2.29. The number of nitrogens with one attached hydrogen (secondary N) is 2. The van der Waals surface area contributed by atoms with Crippen LogP contribution in [0.5, 0.6) is 28.7 Å². The highest BCUT2D eigenvalue weighted by Gasteiger charge is 2.14. The van der Waals surface area contributed by atoms with Crippen molar-refractivity contribution in [2.45, 2.75) is 12.8 Å². The van der Waals surface area contributed by atoms with E-state index < -0.39 is 11.1 Å². The molecule has 1 aromatic heterocycles. The number of para-hydroxylation sites is 3. The van der Waals surface area contributed by atoms with Gasteiger partial charge in [0, 0.05) is 41.7 Å². The average Bonchev–Trinajstić information content (AvgIpc) is 3.54. The summed E-state index contributed by atoms with van der Waals surface area (Å²) < 4.78 is 28.7. The van der Waals surface area contributed by atoms with Crippen LogP contribution < -0.4 is 29.0 Å². The first kappa shape index (κ1) is 38.5. The number of carbonyl (C=O) groups excluding carboxylic acids is 1. The number of methoxy groups -OCH3 is 2. The van der Waals surface area contributed by atoms with Gasteiger partial charge >= 0.3 is 5.97 Å². The van der Waals surface area contributed by atoms with Gasteiger partial charge in [-0.2, -0.15) is 0 Å². The minimum Gasteiger partial charge on any atom is -0.493 e. The fraction of sp³-hybridized carbons (Fsp3) is 0.263. The van der Waals surface area contributed by atoms with Crippen LogP contribution in [0.4, 0.5) is 0 Å². The molecule has 0 aliphatic heterocycles. The Balaban J connectivity index is 0.00000195. The third-order valence-corrected chi connectivity index (χ3v) is 7.65. The predicted molar refractivity (Wildman–Crippen MR) is 195 cm³/mol. The van der Waals surface area contributed by atoms with Crippen molar-refractivity contribution in [2.24, 2.45) is 5.92 Å². The van der Waals surface area contributed by atoms with Gasteiger partial charge in [0.25, 0.3) is 11.6 Å². The van der Waals surface area contributed by atoms with Crippen molar-refractivity contribution in [2.75, 3.05) is 47.1 Å². The summed E-state index contributed by atoms with van der Waals surface area (Å²) in [4.78, 5) is 38.6. The van der Waals surface area contributed by atoms with Crippen molar-refractivity contribution in [3.63, 3.8) is 0 Å². The van der Waals surface area contributed by atoms with Crippen LogP contribution in [0.25, 0.3) is 27.9 Å². The fourth-order valence-electron chi connectivity index (χ4n) is 5.28. The van der Waals surface area contributed by atoms with Crippen molar-refractivity contribution in [1.29, 1.82) is 0 Å². The largest absolute Gasteiger partial charge is 0.493 e. The molecule has 0 spiro atoms. The lowest BCUT2D eigenvalue weighted by molar-refractivity contribution is -0.757. The number of benzene rings is 4. The van der Waals surface area contributed by atoms with Gasteiger partial charge < -0.3 is 43.9 Å². The van der Waals surface area contributed by atoms with Gasteiger partial charge in [0.15, 0.2) is 23.0 Å². The zero-order valence-corrected chi connectivity index (χ0v) is 28.8. The monoisotopic (exact) mass is 715 g/mol. The van der Waals surface area contributed by atoms with Crippen molar-refractivity contribution in [1.82, 2.24) is 10.3 Å². The number of ether oxygens (including phenoxy) is 5. The van der Waals surface area contributed by atoms with E-state index in [1.807, 2.05) is 66.7 Å². The Morgan fingerprint density at radius 1 is 0.885 bits per heavy atom. The van der Waals surface area contributed by atoms with Crippen molar-refractivity contribution >= 4 is 40.3 Å². The highest BCUT2D eigenvalue weighted by Crippen LogP contribution is 2.34. The smallest absolute Gasteiger partial charge is 0.311 e. The topological polar surface area (TPSA) is 181 Å². The molecule has 0 amide bonds. The Labute approximate surface area is 299 Å². The van der Waals surface area contributed by atoms with Crippen LogP contribution in [0.1, 0.15) is 18.4 Å². The second kappa shape index (κ2) is 20.4. The zero-order chi connectivity index (χ0) is 37.1. The number of hydrogen-bond acceptors (Lipinski definition) is 11. The van der Waals surface area contributed by atoms with Gasteiger partial charge in [0.1, 0.15) is 12.4 Å². The second-order valence-electron chi connectivity index (χ2n) is 11.1. The van der Waals surface area contributed by atoms with Gasteiger partial charge in [-0.25, -0.2) is 0 Å². The van der Waals surface area contributed by atoms with Gasteiger partial charge in [-0.3, -0.25) is 9.59 Å². The van der Waals surface area contributed by atoms with E-state index in [0.717, 1.165) is 33.1 Å². The van der Waals surface area contributed by atoms with Gasteiger partial charge in [-0.05, 0) is 54.4 Å². The molecule has 52 heavy (non-hydrogen) atoms. The van der Waals surface area contributed by atoms with Gasteiger partial charge in [-0.1, -0.05) is 54.6 Å². The summed E-state index contributed by atoms with van der Waals surface area (Å²) in [5, 5.41) is 21.9. The average molecular weight is 716 g/mol. The van der Waals surface area contributed by atoms with Gasteiger partial charge in [0.05, 0.1) is 33.0 Å². The summed E-state index contributed by atoms with van der Waals surface area (Å²) in [5.41, 5.74) is 2.89. The highest BCUT2D eigenvalue weighted by molar-refractivity contribution is 6.10. The van der Waals surface area contributed by atoms with Crippen LogP contribution in [-0.4, -0.2) is 74.7 Å². The Bertz CT molecular complexity index is 1940. The summed E-state index contributed by atoms with van der Waals surface area (Å²) in [7, 11) is 3.11. The molecule has 14 nitrogen and oxygen atoms in total. The molecule has 3 N–H and O–H groups in total. The summed E-state index contributed by atoms with van der Waals surface area (Å²) >= 11 is 0. The fourth-order valence-corrected chi connectivity index (χ4v) is 5.28. The first-order valence-corrected chi connectivity index (χ1v) is 16.4. The molecule has 1 atom stereocenters. The molecule has 0 bridgehead atoms. The van der Waals surface area contributed by atoms with Crippen LogP contribution >= 0.6 is 0 Å². The van der Waals surface area contributed by atoms with Gasteiger partial charge in [0.2, 0.25) is 0 Å². The number of carbonyl (C=O) groups is 2. The van der Waals surface area contributed by atoms with Crippen LogP contribution in [0.15, 0.2) is 91.0 Å². The molecule has 1 heterocycles. The maximum absolute atomic E-state index is 12.3. The second-order valence-corrected chi connectivity index (χ2v) is 11.1. The number of nitrogens with zero attached hydrogens (tertiary/aromatic N) is 1. The van der Waals surface area contributed by atoms with Gasteiger partial charge in [-0.15, -0.1) is 10.1 Å². The third-order valence-electron chi connectivity index (χ3n) is 7.65. The number of aromatic nitrogens is 1. The van der Waals surface area contributed by atoms with Crippen molar-refractivity contribution in [3.05, 3.63) is 107 Å². The Morgan fingerprint density at radius 2 is 1.60 bits per heavy atom. The number of fused-ring (bicyclic) bond motifs is 3. The number of hydrogen-bond donors (Lipinski definition) is 3. The Kier molecular flexibility index (Phi) is 15.1. The highest BCUT2D eigenvalue weighted by atomic mass is 16.9. The molecule has 0 aliphatic carbocycles. The van der Waals surface area contributed by atoms with Crippen LogP contribution in [-0.2, 0) is 14.4 Å². The summed E-state index contributed by atoms with van der Waals surface area (Å²) in [6.07, 6.45) is 4.15. The minimum absolute atomic E-state index is 0.0309. The van der Waals surface area contributed by atoms with E-state index in [9.17, 15) is 14.9 Å². The molecular formula is C38H41N3O11. The summed E-state index contributed by atoms with van der Waals surface area (Å²) in [6, 6.07) is 26.9. The number of carboxylic acid groups (broad SMARTS) is 1. The molecule has 0 aliphatic rings. The summed E-state index contributed by atoms with van der Waals surface area (Å²) in [5.74, 6) is 2.22. The maximum Gasteiger partial charge on any atom is 0.311 e. The normalized spacial score (nSPS) is 11.3. The van der Waals surface area contributed by atoms with E-state index in [1.54, 1.807) is 19.2 Å². The lowest BCUT2D eigenvalue weighted by Gasteiger charge is -2.17. The number of esters is 1. The molecule has 0 radical (unpaired) electrons. The van der Waals surface area contributed by atoms with Crippen LogP contribution in [0, 0.1) is 16.0 Å². The number of aromatic amines is 1. The van der Waals surface area contributed by atoms with Crippen molar-refractivity contribution < 1.29 is 48.3 Å². The molecule has 274 valence electrons. The standard InChI is InChI=1S/C37H39N3O9.CH2O2/c1-44-31-12-5-6-13-32(31)46-22-20-38-24-27(25-47-34-14-7-11-30-37(34)28-9-3-4-10-29(28)39-30)17-16-26-18-19-33(35(23-26)45-2)49-36(41)15-8-21-48-40(42)43;2-1-3/h3-7,9-14,16-19,23,27,38-39H,8,15,20-22,24-25H2,1-2H3;1H,(H,2,3)/b17-16+;. The molecule has 4 aromatic carbocycles. The van der Waals surface area contributed by atoms with E-state index in [4.69, 9.17) is 33.6 Å². The Hall–Kier alpha value is -6.28. The van der Waals surface area contributed by atoms with E-state index >= 15 is 0 Å². The van der Waals surface area contributed by atoms with E-state index in [1.165, 1.54) is 7.11 Å². The van der Waals surface area contributed by atoms with Crippen LogP contribution in [0.2, 0.25) is 0 Å². The van der Waals surface area contributed by atoms with Crippen molar-refractivity contribution in [3.8, 4) is 28.7 Å². The first-order chi connectivity index (χ1) is 25.4. The molecule has 0 fully saturated rings. The maximum atomic E-state index is 12.3. The first-order valence-electron chi connectivity index (χ1n) is 16.4. The molecule has 5 aromatic rings. The molecule has 0 saturated heterocycles. The molecule has 14 heteroatoms. The quantitative estimate of drug-likeness (QED) is 0.0217. The van der Waals surface area contributed by atoms with Crippen LogP contribution in [0.3, 0.4) is 0 Å². The molecule has 1 unspecified atom stereocenters. The molecule has 5 rings (SSSR count).